The Morgan fingerprint density at radius 1 is 0.853 bits per heavy atom. The molecule has 1 unspecified atom stereocenters. The second-order valence-electron chi connectivity index (χ2n) is 17.2. The van der Waals surface area contributed by atoms with Crippen LogP contribution in [-0.2, 0) is 54.5 Å². The van der Waals surface area contributed by atoms with Gasteiger partial charge in [0.05, 0.1) is 45.9 Å². The third-order valence-corrected chi connectivity index (χ3v) is 13.1. The number of pyridine rings is 1. The lowest BCUT2D eigenvalue weighted by atomic mass is 9.79. The average Bonchev–Trinajstić information content (AvgIpc) is 4.01. The van der Waals surface area contributed by atoms with Crippen LogP contribution in [-0.4, -0.2) is 102 Å². The first-order chi connectivity index (χ1) is 36.2. The molecule has 0 spiro atoms. The zero-order chi connectivity index (χ0) is 53.1. The van der Waals surface area contributed by atoms with Gasteiger partial charge in [0.15, 0.2) is 37.2 Å². The lowest BCUT2D eigenvalue weighted by Gasteiger charge is -2.40. The van der Waals surface area contributed by atoms with Crippen LogP contribution in [0.5, 0.6) is 17.2 Å². The molecule has 1 aliphatic rings. The van der Waals surface area contributed by atoms with Crippen molar-refractivity contribution >= 4 is 36.6 Å². The number of methoxy groups -OCH3 is 3. The van der Waals surface area contributed by atoms with Crippen LogP contribution in [0.3, 0.4) is 0 Å². The lowest BCUT2D eigenvalue weighted by Crippen LogP contribution is -2.46. The number of nitrogens with zero attached hydrogens (tertiary/aromatic N) is 4. The average molecular weight is 1050 g/mol. The first-order valence-corrected chi connectivity index (χ1v) is 25.2. The Morgan fingerprint density at radius 2 is 1.48 bits per heavy atom. The summed E-state index contributed by atoms with van der Waals surface area (Å²) in [5, 5.41) is 15.1. The number of aromatic amines is 1. The molecule has 0 bridgehead atoms. The predicted octanol–water partition coefficient (Wildman–Crippen LogP) is 6.20. The number of aromatic nitrogens is 5. The van der Waals surface area contributed by atoms with Gasteiger partial charge in [-0.05, 0) is 53.1 Å². The van der Waals surface area contributed by atoms with E-state index in [0.717, 1.165) is 0 Å². The Balaban J connectivity index is 1.22. The van der Waals surface area contributed by atoms with Crippen LogP contribution in [0.15, 0.2) is 139 Å². The minimum atomic E-state index is -4.60. The summed E-state index contributed by atoms with van der Waals surface area (Å²) in [6, 6.07) is 34.9. The van der Waals surface area contributed by atoms with Gasteiger partial charge in [-0.25, -0.2) is 9.78 Å². The van der Waals surface area contributed by atoms with Gasteiger partial charge in [-0.1, -0.05) is 86.6 Å². The van der Waals surface area contributed by atoms with E-state index in [1.807, 2.05) is 54.6 Å². The van der Waals surface area contributed by atoms with E-state index in [9.17, 15) is 29.0 Å². The van der Waals surface area contributed by atoms with Crippen LogP contribution >= 0.6 is 7.60 Å². The lowest BCUT2D eigenvalue weighted by molar-refractivity contribution is -0.616. The Morgan fingerprint density at radius 3 is 2.11 bits per heavy atom. The topological polar surface area (TPSA) is 266 Å². The molecule has 8 rings (SSSR count). The van der Waals surface area contributed by atoms with Gasteiger partial charge in [-0.2, -0.15) is 9.71 Å². The van der Waals surface area contributed by atoms with Crippen molar-refractivity contribution in [3.63, 3.8) is 0 Å². The Labute approximate surface area is 430 Å². The van der Waals surface area contributed by atoms with Crippen molar-refractivity contribution in [1.29, 1.82) is 0 Å². The fourth-order valence-electron chi connectivity index (χ4n) is 8.20. The van der Waals surface area contributed by atoms with Gasteiger partial charge < -0.3 is 52.7 Å². The third-order valence-electron chi connectivity index (χ3n) is 12.0. The van der Waals surface area contributed by atoms with Crippen molar-refractivity contribution in [2.45, 2.75) is 50.6 Å². The number of rotatable bonds is 24. The summed E-state index contributed by atoms with van der Waals surface area (Å²) in [4.78, 5) is 61.9. The van der Waals surface area contributed by atoms with Crippen LogP contribution in [0.25, 0.3) is 11.2 Å². The quantitative estimate of drug-likeness (QED) is 0.0116. The molecule has 0 aliphatic carbocycles. The molecule has 1 fully saturated rings. The van der Waals surface area contributed by atoms with E-state index in [1.54, 1.807) is 82.7 Å². The number of hydrogen-bond acceptors (Lipinski definition) is 17. The zero-order valence-corrected chi connectivity index (χ0v) is 42.3. The maximum atomic E-state index is 13.6. The second-order valence-corrected chi connectivity index (χ2v) is 19.0. The number of esters is 1. The summed E-state index contributed by atoms with van der Waals surface area (Å²) < 4.78 is 75.5. The van der Waals surface area contributed by atoms with Crippen molar-refractivity contribution < 1.29 is 70.9 Å². The normalized spacial score (nSPS) is 17.4. The highest BCUT2D eigenvalue weighted by atomic mass is 31.2. The Kier molecular flexibility index (Phi) is 17.4. The summed E-state index contributed by atoms with van der Waals surface area (Å²) in [5.74, 6) is -0.263. The number of H-pyrrole nitrogens is 1. The predicted molar refractivity (Wildman–Crippen MR) is 268 cm³/mol. The number of fused-ring (bicyclic) bond motifs is 1. The first kappa shape index (κ1) is 53.8. The van der Waals surface area contributed by atoms with E-state index in [0.29, 0.717) is 44.2 Å². The van der Waals surface area contributed by atoms with Crippen molar-refractivity contribution in [1.82, 2.24) is 19.5 Å². The van der Waals surface area contributed by atoms with Gasteiger partial charge >= 0.3 is 13.6 Å². The number of carbonyl (C=O) groups is 2. The molecular formula is C52H55N6O16P. The SMILES string of the molecule is COc1ccc(C(O[C@H]2[C@@H](OCOCOC(=O)c3ccccc3)[C@H](n3cnc4c(=O)[nH]c(NC(=O)C(C)C)nc43)O[C@@H]2COCP(=O)(O)OCc2cc(OC)cc[n+]2[O-])(c2ccccc2)c2ccc(OC)cc2)cc1. The van der Waals surface area contributed by atoms with Gasteiger partial charge in [-0.15, -0.1) is 0 Å². The molecule has 5 atom stereocenters. The number of hydrogen-bond donors (Lipinski definition) is 3. The number of amides is 1. The number of carbonyl (C=O) groups excluding carboxylic acids is 2. The molecule has 0 saturated carbocycles. The number of anilines is 1. The van der Waals surface area contributed by atoms with Crippen molar-refractivity contribution in [3.05, 3.63) is 177 Å². The summed E-state index contributed by atoms with van der Waals surface area (Å²) in [6.45, 7) is 1.25. The summed E-state index contributed by atoms with van der Waals surface area (Å²) >= 11 is 0. The standard InChI is InChI=1S/C52H55N6O16P/c1-33(2)47(59)55-51-54-46-43(48(60)56-51)53-29-57(46)49-45(70-30-69-31-71-50(61)34-12-8-6-9-13-34)44(42(73-49)28-68-32-75(63,64)72-27-38-26-41(67-5)24-25-58(38)62)74-52(35-14-10-7-11-15-35,36-16-20-39(65-3)21-17-36)37-18-22-40(66-4)23-19-37/h6-26,29,33,42,44-45,49H,27-28,30-32H2,1-5H3,(H,63,64)(H2,54,55,56,59,60)/t42-,44-,45-,49-/m1/s1. The van der Waals surface area contributed by atoms with Gasteiger partial charge in [0.25, 0.3) is 5.56 Å². The van der Waals surface area contributed by atoms with Crippen molar-refractivity contribution in [3.8, 4) is 17.2 Å². The molecule has 3 aromatic heterocycles. The summed E-state index contributed by atoms with van der Waals surface area (Å²) in [7, 11) is -0.0973. The summed E-state index contributed by atoms with van der Waals surface area (Å²) in [5.41, 5.74) is -0.228. The van der Waals surface area contributed by atoms with E-state index < -0.39 is 94.2 Å². The van der Waals surface area contributed by atoms with Crippen molar-refractivity contribution in [2.75, 3.05) is 53.2 Å². The zero-order valence-electron chi connectivity index (χ0n) is 41.4. The van der Waals surface area contributed by atoms with Gasteiger partial charge in [0, 0.05) is 12.0 Å². The molecule has 394 valence electrons. The minimum Gasteiger partial charge on any atom is -0.618 e. The molecule has 4 heterocycles. The maximum Gasteiger partial charge on any atom is 0.354 e. The number of ether oxygens (including phenoxy) is 9. The fraction of sp³-hybridized carbons (Fsp3) is 0.308. The Hall–Kier alpha value is -7.53. The molecule has 7 aromatic rings. The highest BCUT2D eigenvalue weighted by Gasteiger charge is 2.53. The molecular weight excluding hydrogens is 996 g/mol. The fourth-order valence-corrected chi connectivity index (χ4v) is 8.94. The van der Waals surface area contributed by atoms with E-state index >= 15 is 0 Å². The monoisotopic (exact) mass is 1050 g/mol. The molecule has 75 heavy (non-hydrogen) atoms. The maximum absolute atomic E-state index is 13.6. The highest BCUT2D eigenvalue weighted by molar-refractivity contribution is 7.52. The van der Waals surface area contributed by atoms with Crippen LogP contribution in [0.1, 0.15) is 52.8 Å². The highest BCUT2D eigenvalue weighted by Crippen LogP contribution is 2.48. The molecule has 23 heteroatoms. The third kappa shape index (κ3) is 12.5. The number of benzene rings is 4. The molecule has 22 nitrogen and oxygen atoms in total. The summed E-state index contributed by atoms with van der Waals surface area (Å²) in [6.07, 6.45) is -3.49. The molecule has 3 N–H and O–H groups in total. The number of nitrogens with one attached hydrogen (secondary N) is 2. The van der Waals surface area contributed by atoms with Crippen LogP contribution in [0, 0.1) is 11.1 Å². The van der Waals surface area contributed by atoms with Crippen LogP contribution in [0.2, 0.25) is 0 Å². The van der Waals surface area contributed by atoms with Crippen LogP contribution < -0.4 is 29.8 Å². The minimum absolute atomic E-state index is 0.00246. The van der Waals surface area contributed by atoms with Gasteiger partial charge in [0.2, 0.25) is 17.5 Å². The van der Waals surface area contributed by atoms with Crippen molar-refractivity contribution in [2.24, 2.45) is 5.92 Å². The molecule has 4 aromatic carbocycles. The largest absolute Gasteiger partial charge is 0.618 e. The molecule has 0 radical (unpaired) electrons. The van der Waals surface area contributed by atoms with Gasteiger partial charge in [-0.3, -0.25) is 33.5 Å². The van der Waals surface area contributed by atoms with E-state index in [-0.39, 0.29) is 22.8 Å². The molecule has 1 aliphatic heterocycles. The van der Waals surface area contributed by atoms with E-state index in [4.69, 9.17) is 47.2 Å². The first-order valence-electron chi connectivity index (χ1n) is 23.4. The van der Waals surface area contributed by atoms with Gasteiger partial charge in [0.1, 0.15) is 54.1 Å². The van der Waals surface area contributed by atoms with E-state index in [1.165, 1.54) is 36.3 Å². The Bertz CT molecular complexity index is 3100. The molecule has 1 saturated heterocycles. The van der Waals surface area contributed by atoms with E-state index in [2.05, 4.69) is 20.3 Å². The second kappa shape index (κ2) is 24.2. The number of imidazole rings is 1. The molecule has 1 amide bonds. The van der Waals surface area contributed by atoms with Crippen LogP contribution in [0.4, 0.5) is 5.95 Å². The smallest absolute Gasteiger partial charge is 0.354 e.